The van der Waals surface area contributed by atoms with Crippen LogP contribution in [0.5, 0.6) is 0 Å². The van der Waals surface area contributed by atoms with Gasteiger partial charge in [0.1, 0.15) is 11.3 Å². The molecule has 9 heteroatoms. The lowest BCUT2D eigenvalue weighted by atomic mass is 9.99. The first-order chi connectivity index (χ1) is 20.3. The maximum atomic E-state index is 13.1. The Hall–Kier alpha value is -1.19. The minimum Gasteiger partial charge on any atom is -0.452 e. The molecule has 0 aliphatic carbocycles. The van der Waals surface area contributed by atoms with Crippen LogP contribution < -0.4 is 0 Å². The molecule has 6 nitrogen and oxygen atoms in total. The molecule has 248 valence electrons. The van der Waals surface area contributed by atoms with Gasteiger partial charge in [0.2, 0.25) is 0 Å². The van der Waals surface area contributed by atoms with Crippen molar-refractivity contribution < 1.29 is 26.6 Å². The van der Waals surface area contributed by atoms with Gasteiger partial charge in [-0.1, -0.05) is 123 Å². The number of alkyl halides is 1. The molecule has 0 unspecified atom stereocenters. The second kappa shape index (κ2) is 20.8. The Morgan fingerprint density at radius 1 is 0.930 bits per heavy atom. The molecule has 0 fully saturated rings. The molecule has 0 aliphatic rings. The van der Waals surface area contributed by atoms with Gasteiger partial charge in [-0.2, -0.15) is 8.42 Å². The predicted molar refractivity (Wildman–Crippen MR) is 183 cm³/mol. The summed E-state index contributed by atoms with van der Waals surface area (Å²) in [4.78, 5) is 13.1. The third-order valence-electron chi connectivity index (χ3n) is 8.93. The van der Waals surface area contributed by atoms with E-state index in [0.717, 1.165) is 19.3 Å². The number of hydrogen-bond donors (Lipinski definition) is 0. The molecule has 0 radical (unpaired) electrons. The van der Waals surface area contributed by atoms with Crippen LogP contribution in [0.25, 0.3) is 0 Å². The SMILES string of the molecule is CCCCCCCCCCCCC/C=C/[C@@H](OC(=O)c1ccccc1)[C@@H](CO[Si](C)(C)C(C)(C)C(C)C)OS(=O)(=O)CCl. The van der Waals surface area contributed by atoms with Gasteiger partial charge in [-0.25, -0.2) is 4.79 Å². The zero-order valence-electron chi connectivity index (χ0n) is 27.9. The van der Waals surface area contributed by atoms with E-state index in [-0.39, 0.29) is 11.6 Å². The van der Waals surface area contributed by atoms with E-state index < -0.39 is 41.8 Å². The monoisotopic (exact) mass is 658 g/mol. The third-order valence-corrected chi connectivity index (χ3v) is 15.1. The smallest absolute Gasteiger partial charge is 0.338 e. The van der Waals surface area contributed by atoms with E-state index in [1.165, 1.54) is 57.8 Å². The van der Waals surface area contributed by atoms with Crippen molar-refractivity contribution in [2.75, 3.05) is 11.8 Å². The number of unbranched alkanes of at least 4 members (excludes halogenated alkanes) is 11. The highest BCUT2D eigenvalue weighted by Crippen LogP contribution is 2.44. The van der Waals surface area contributed by atoms with Gasteiger partial charge in [0.05, 0.1) is 12.2 Å². The van der Waals surface area contributed by atoms with Crippen LogP contribution >= 0.6 is 11.6 Å². The van der Waals surface area contributed by atoms with E-state index in [2.05, 4.69) is 47.7 Å². The molecule has 43 heavy (non-hydrogen) atoms. The molecule has 0 amide bonds. The van der Waals surface area contributed by atoms with Crippen molar-refractivity contribution in [3.63, 3.8) is 0 Å². The summed E-state index contributed by atoms with van der Waals surface area (Å²) in [5, 5.41) is -0.798. The standard InChI is InChI=1S/C34H59ClO6SSi/c1-8-9-10-11-12-13-14-15-16-17-18-19-23-26-31(40-33(36)30-24-21-20-22-25-30)32(41-42(37,38)28-35)27-39-43(6,7)34(4,5)29(2)3/h20-26,29,31-32H,8-19,27-28H2,1-7H3/b26-23+/t31-,32-/m1/s1. The summed E-state index contributed by atoms with van der Waals surface area (Å²) in [5.74, 6) is -0.196. The Morgan fingerprint density at radius 3 is 1.98 bits per heavy atom. The van der Waals surface area contributed by atoms with E-state index in [1.807, 2.05) is 12.1 Å². The summed E-state index contributed by atoms with van der Waals surface area (Å²) in [6.07, 6.45) is 16.4. The Balaban J connectivity index is 2.93. The van der Waals surface area contributed by atoms with Crippen molar-refractivity contribution in [3.05, 3.63) is 48.0 Å². The minimum absolute atomic E-state index is 0.0407. The van der Waals surface area contributed by atoms with Gasteiger partial charge in [-0.15, -0.1) is 11.6 Å². The molecule has 0 saturated heterocycles. The van der Waals surface area contributed by atoms with Crippen LogP contribution in [0.15, 0.2) is 42.5 Å². The fourth-order valence-electron chi connectivity index (χ4n) is 4.72. The molecule has 1 rings (SSSR count). The number of hydrogen-bond acceptors (Lipinski definition) is 6. The number of ether oxygens (including phenoxy) is 1. The molecule has 0 aliphatic heterocycles. The van der Waals surface area contributed by atoms with Crippen molar-refractivity contribution in [1.82, 2.24) is 0 Å². The molecule has 0 saturated carbocycles. The lowest BCUT2D eigenvalue weighted by molar-refractivity contribution is -0.00475. The summed E-state index contributed by atoms with van der Waals surface area (Å²) in [6, 6.07) is 8.66. The second-order valence-electron chi connectivity index (χ2n) is 13.0. The maximum Gasteiger partial charge on any atom is 0.338 e. The Morgan fingerprint density at radius 2 is 1.47 bits per heavy atom. The predicted octanol–water partition coefficient (Wildman–Crippen LogP) is 10.0. The Bertz CT molecular complexity index is 1030. The highest BCUT2D eigenvalue weighted by molar-refractivity contribution is 7.87. The van der Waals surface area contributed by atoms with Gasteiger partial charge in [-0.3, -0.25) is 4.18 Å². The highest BCUT2D eigenvalue weighted by Gasteiger charge is 2.44. The van der Waals surface area contributed by atoms with Crippen LogP contribution in [0.4, 0.5) is 0 Å². The summed E-state index contributed by atoms with van der Waals surface area (Å²) in [6.45, 7) is 15.1. The molecule has 1 aromatic rings. The lowest BCUT2D eigenvalue weighted by Crippen LogP contribution is -2.48. The number of carbonyl (C=O) groups is 1. The molecular weight excluding hydrogens is 600 g/mol. The normalized spacial score (nSPS) is 14.3. The van der Waals surface area contributed by atoms with Crippen LogP contribution in [0.3, 0.4) is 0 Å². The number of esters is 1. The molecule has 0 spiro atoms. The van der Waals surface area contributed by atoms with Gasteiger partial charge in [0, 0.05) is 0 Å². The zero-order valence-corrected chi connectivity index (χ0v) is 30.5. The van der Waals surface area contributed by atoms with Crippen LogP contribution in [0.1, 0.15) is 122 Å². The van der Waals surface area contributed by atoms with Crippen LogP contribution in [-0.2, 0) is 23.5 Å². The number of halogens is 1. The maximum absolute atomic E-state index is 13.1. The first-order valence-electron chi connectivity index (χ1n) is 16.3. The summed E-state index contributed by atoms with van der Waals surface area (Å²) < 4.78 is 42.9. The molecule has 0 aromatic heterocycles. The van der Waals surface area contributed by atoms with Crippen LogP contribution in [0, 0.1) is 5.92 Å². The average Bonchev–Trinajstić information content (AvgIpc) is 2.97. The lowest BCUT2D eigenvalue weighted by Gasteiger charge is -2.43. The van der Waals surface area contributed by atoms with Gasteiger partial charge in [0.25, 0.3) is 10.1 Å². The van der Waals surface area contributed by atoms with E-state index in [9.17, 15) is 13.2 Å². The third kappa shape index (κ3) is 15.6. The van der Waals surface area contributed by atoms with Crippen LogP contribution in [-0.4, -0.2) is 46.7 Å². The fourth-order valence-corrected chi connectivity index (χ4v) is 7.82. The van der Waals surface area contributed by atoms with E-state index in [0.29, 0.717) is 11.5 Å². The van der Waals surface area contributed by atoms with E-state index >= 15 is 0 Å². The number of rotatable bonds is 24. The number of carbonyl (C=O) groups excluding carboxylic acids is 1. The van der Waals surface area contributed by atoms with Crippen molar-refractivity contribution in [1.29, 1.82) is 0 Å². The van der Waals surface area contributed by atoms with Gasteiger partial charge in [-0.05, 0) is 55.1 Å². The topological polar surface area (TPSA) is 78.9 Å². The molecule has 0 heterocycles. The molecule has 1 aromatic carbocycles. The van der Waals surface area contributed by atoms with E-state index in [1.54, 1.807) is 30.3 Å². The zero-order chi connectivity index (χ0) is 32.4. The van der Waals surface area contributed by atoms with E-state index in [4.69, 9.17) is 24.9 Å². The fraction of sp³-hybridized carbons (Fsp3) is 0.735. The summed E-state index contributed by atoms with van der Waals surface area (Å²) >= 11 is 5.71. The first-order valence-corrected chi connectivity index (χ1v) is 21.3. The average molecular weight is 659 g/mol. The molecule has 0 bridgehead atoms. The first kappa shape index (κ1) is 39.8. The molecule has 0 N–H and O–H groups in total. The second-order valence-corrected chi connectivity index (χ2v) is 19.8. The summed E-state index contributed by atoms with van der Waals surface area (Å²) in [7, 11) is -6.40. The Kier molecular flexibility index (Phi) is 19.2. The van der Waals surface area contributed by atoms with Crippen molar-refractivity contribution in [2.45, 2.75) is 142 Å². The number of allylic oxidation sites excluding steroid dienone is 1. The molecular formula is C34H59ClO6SSi. The summed E-state index contributed by atoms with van der Waals surface area (Å²) in [5.41, 5.74) is 0.377. The quantitative estimate of drug-likeness (QED) is 0.0275. The largest absolute Gasteiger partial charge is 0.452 e. The number of benzene rings is 1. The van der Waals surface area contributed by atoms with Gasteiger partial charge >= 0.3 is 5.97 Å². The van der Waals surface area contributed by atoms with Gasteiger partial charge < -0.3 is 9.16 Å². The van der Waals surface area contributed by atoms with Crippen molar-refractivity contribution >= 4 is 36.0 Å². The van der Waals surface area contributed by atoms with Gasteiger partial charge in [0.15, 0.2) is 14.4 Å². The molecule has 2 atom stereocenters. The van der Waals surface area contributed by atoms with Crippen molar-refractivity contribution in [2.24, 2.45) is 5.92 Å². The van der Waals surface area contributed by atoms with Crippen molar-refractivity contribution in [3.8, 4) is 0 Å². The minimum atomic E-state index is -4.07. The van der Waals surface area contributed by atoms with Crippen LogP contribution in [0.2, 0.25) is 18.1 Å². The highest BCUT2D eigenvalue weighted by atomic mass is 35.5. The Labute approximate surface area is 269 Å².